The molecule has 0 unspecified atom stereocenters. The molecule has 0 radical (unpaired) electrons. The highest BCUT2D eigenvalue weighted by Crippen LogP contribution is 2.39. The molecule has 1 aromatic heterocycles. The lowest BCUT2D eigenvalue weighted by Crippen LogP contribution is -2.42. The van der Waals surface area contributed by atoms with Gasteiger partial charge in [-0.25, -0.2) is 4.98 Å². The summed E-state index contributed by atoms with van der Waals surface area (Å²) in [5.41, 5.74) is 2.21. The molecule has 182 valence electrons. The van der Waals surface area contributed by atoms with Crippen LogP contribution in [0, 0.1) is 0 Å². The molecule has 0 bridgehead atoms. The minimum Gasteiger partial charge on any atom is -0.494 e. The number of methoxy groups -OCH3 is 1. The van der Waals surface area contributed by atoms with E-state index in [-0.39, 0.29) is 5.91 Å². The third-order valence-electron chi connectivity index (χ3n) is 6.21. The molecule has 2 heterocycles. The van der Waals surface area contributed by atoms with Crippen molar-refractivity contribution in [1.29, 1.82) is 0 Å². The first-order valence-corrected chi connectivity index (χ1v) is 11.9. The number of nitrogens with one attached hydrogen (secondary N) is 3. The largest absolute Gasteiger partial charge is 0.494 e. The Hall–Kier alpha value is -3.04. The predicted molar refractivity (Wildman–Crippen MR) is 138 cm³/mol. The van der Waals surface area contributed by atoms with Crippen LogP contribution in [0.5, 0.6) is 5.75 Å². The van der Waals surface area contributed by atoms with E-state index in [2.05, 4.69) is 56.4 Å². The van der Waals surface area contributed by atoms with Crippen molar-refractivity contribution in [2.75, 3.05) is 55.1 Å². The Balaban J connectivity index is 1.63. The van der Waals surface area contributed by atoms with Crippen LogP contribution >= 0.6 is 11.6 Å². The van der Waals surface area contributed by atoms with Gasteiger partial charge in [0.25, 0.3) is 0 Å². The Morgan fingerprint density at radius 1 is 1.24 bits per heavy atom. The number of piperidine rings is 1. The van der Waals surface area contributed by atoms with E-state index in [0.717, 1.165) is 44.5 Å². The topological polar surface area (TPSA) is 94.6 Å². The van der Waals surface area contributed by atoms with Gasteiger partial charge in [0.2, 0.25) is 11.9 Å². The number of carbonyl (C=O) groups excluding carboxylic acids is 1. The van der Waals surface area contributed by atoms with Crippen molar-refractivity contribution in [1.82, 2.24) is 14.9 Å². The number of ether oxygens (including phenoxy) is 1. The third kappa shape index (κ3) is 5.71. The number of amides is 1. The molecule has 9 nitrogen and oxygen atoms in total. The van der Waals surface area contributed by atoms with Crippen LogP contribution in [0.15, 0.2) is 31.0 Å². The van der Waals surface area contributed by atoms with Gasteiger partial charge in [-0.05, 0) is 51.9 Å². The third-order valence-corrected chi connectivity index (χ3v) is 6.48. The first-order chi connectivity index (χ1) is 16.4. The van der Waals surface area contributed by atoms with E-state index >= 15 is 0 Å². The highest BCUT2D eigenvalue weighted by atomic mass is 35.5. The Morgan fingerprint density at radius 3 is 2.59 bits per heavy atom. The van der Waals surface area contributed by atoms with Crippen LogP contribution in [0.3, 0.4) is 0 Å². The van der Waals surface area contributed by atoms with E-state index in [1.54, 1.807) is 13.3 Å². The van der Waals surface area contributed by atoms with E-state index in [1.807, 2.05) is 12.1 Å². The predicted octanol–water partition coefficient (Wildman–Crippen LogP) is 4.11. The lowest BCUT2D eigenvalue weighted by Gasteiger charge is -2.37. The van der Waals surface area contributed by atoms with Crippen LogP contribution in [-0.2, 0) is 4.79 Å². The summed E-state index contributed by atoms with van der Waals surface area (Å²) in [6.45, 7) is 5.35. The van der Waals surface area contributed by atoms with Gasteiger partial charge in [-0.3, -0.25) is 4.79 Å². The Labute approximate surface area is 205 Å². The molecule has 34 heavy (non-hydrogen) atoms. The smallest absolute Gasteiger partial charge is 0.247 e. The quantitative estimate of drug-likeness (QED) is 0.457. The Bertz CT molecular complexity index is 1050. The molecule has 2 fully saturated rings. The summed E-state index contributed by atoms with van der Waals surface area (Å²) in [5, 5.41) is 9.95. The van der Waals surface area contributed by atoms with E-state index in [9.17, 15) is 4.79 Å². The van der Waals surface area contributed by atoms with Crippen LogP contribution < -0.4 is 25.6 Å². The van der Waals surface area contributed by atoms with Gasteiger partial charge in [0, 0.05) is 31.2 Å². The van der Waals surface area contributed by atoms with E-state index < -0.39 is 0 Å². The number of hydrogen-bond donors (Lipinski definition) is 3. The molecule has 1 aliphatic heterocycles. The fourth-order valence-electron chi connectivity index (χ4n) is 4.07. The summed E-state index contributed by atoms with van der Waals surface area (Å²) in [5.74, 6) is 1.32. The summed E-state index contributed by atoms with van der Waals surface area (Å²) in [7, 11) is 5.85. The number of halogens is 1. The lowest BCUT2D eigenvalue weighted by atomic mass is 10.0. The van der Waals surface area contributed by atoms with Gasteiger partial charge in [0.1, 0.15) is 10.8 Å². The molecule has 0 atom stereocenters. The fourth-order valence-corrected chi connectivity index (χ4v) is 4.22. The monoisotopic (exact) mass is 485 g/mol. The van der Waals surface area contributed by atoms with Crippen molar-refractivity contribution < 1.29 is 9.53 Å². The van der Waals surface area contributed by atoms with Crippen molar-refractivity contribution in [2.45, 2.75) is 37.8 Å². The minimum atomic E-state index is -0.279. The number of rotatable bonds is 9. The molecule has 1 amide bonds. The highest BCUT2D eigenvalue weighted by Gasteiger charge is 2.25. The van der Waals surface area contributed by atoms with Crippen LogP contribution in [0.25, 0.3) is 0 Å². The maximum atomic E-state index is 12.2. The molecular formula is C24H32ClN7O2. The second-order valence-corrected chi connectivity index (χ2v) is 9.29. The normalized spacial score (nSPS) is 16.3. The van der Waals surface area contributed by atoms with E-state index in [4.69, 9.17) is 16.3 Å². The van der Waals surface area contributed by atoms with Crippen LogP contribution in [0.4, 0.5) is 28.8 Å². The molecule has 2 aliphatic rings. The molecule has 0 spiro atoms. The van der Waals surface area contributed by atoms with Crippen molar-refractivity contribution >= 4 is 46.3 Å². The number of aromatic nitrogens is 2. The lowest BCUT2D eigenvalue weighted by molar-refractivity contribution is -0.111. The van der Waals surface area contributed by atoms with Crippen molar-refractivity contribution in [3.8, 4) is 5.75 Å². The van der Waals surface area contributed by atoms with Crippen molar-refractivity contribution in [3.63, 3.8) is 0 Å². The SMILES string of the molecule is C=CC(=O)Nc1cc(Nc2ncc(Cl)c(NC3CC3)n2)c(OC)cc1N1CCC(N(C)C)CC1. The number of benzene rings is 1. The fraction of sp³-hybridized carbons (Fsp3) is 0.458. The van der Waals surface area contributed by atoms with Gasteiger partial charge in [0.05, 0.1) is 30.4 Å². The second kappa shape index (κ2) is 10.5. The first-order valence-electron chi connectivity index (χ1n) is 11.5. The molecule has 1 aliphatic carbocycles. The minimum absolute atomic E-state index is 0.279. The van der Waals surface area contributed by atoms with Gasteiger partial charge >= 0.3 is 0 Å². The molecular weight excluding hydrogens is 454 g/mol. The molecule has 3 N–H and O–H groups in total. The number of carbonyl (C=O) groups is 1. The standard InChI is InChI=1S/C24H32ClN7O2/c1-5-22(33)28-18-12-19(29-24-26-14-17(25)23(30-24)27-15-6-7-15)21(34-4)13-20(18)32-10-8-16(9-11-32)31(2)3/h5,12-16H,1,6-11H2,2-4H3,(H,28,33)(H2,26,27,29,30). The Kier molecular flexibility index (Phi) is 7.43. The molecule has 1 saturated heterocycles. The summed E-state index contributed by atoms with van der Waals surface area (Å²) in [4.78, 5) is 25.6. The molecule has 2 aromatic rings. The molecule has 1 aromatic carbocycles. The van der Waals surface area contributed by atoms with Crippen LogP contribution in [-0.4, -0.2) is 67.2 Å². The summed E-state index contributed by atoms with van der Waals surface area (Å²) in [6, 6.07) is 4.74. The summed E-state index contributed by atoms with van der Waals surface area (Å²) < 4.78 is 5.70. The van der Waals surface area contributed by atoms with E-state index in [0.29, 0.717) is 46.0 Å². The number of nitrogens with zero attached hydrogens (tertiary/aromatic N) is 4. The molecule has 1 saturated carbocycles. The zero-order valence-electron chi connectivity index (χ0n) is 19.9. The zero-order valence-corrected chi connectivity index (χ0v) is 20.7. The second-order valence-electron chi connectivity index (χ2n) is 8.88. The average Bonchev–Trinajstić information content (AvgIpc) is 3.65. The Morgan fingerprint density at radius 2 is 1.97 bits per heavy atom. The van der Waals surface area contributed by atoms with Gasteiger partial charge in [0.15, 0.2) is 5.82 Å². The van der Waals surface area contributed by atoms with Gasteiger partial charge < -0.3 is 30.5 Å². The zero-order chi connectivity index (χ0) is 24.2. The van der Waals surface area contributed by atoms with Crippen LogP contribution in [0.1, 0.15) is 25.7 Å². The van der Waals surface area contributed by atoms with Crippen molar-refractivity contribution in [3.05, 3.63) is 36.0 Å². The summed E-state index contributed by atoms with van der Waals surface area (Å²) in [6.07, 6.45) is 7.13. The molecule has 10 heteroatoms. The average molecular weight is 486 g/mol. The van der Waals surface area contributed by atoms with Crippen LogP contribution in [0.2, 0.25) is 5.02 Å². The van der Waals surface area contributed by atoms with E-state index in [1.165, 1.54) is 6.08 Å². The molecule has 4 rings (SSSR count). The number of anilines is 5. The van der Waals surface area contributed by atoms with Gasteiger partial charge in [-0.15, -0.1) is 0 Å². The number of hydrogen-bond acceptors (Lipinski definition) is 8. The maximum absolute atomic E-state index is 12.2. The van der Waals surface area contributed by atoms with Gasteiger partial charge in [-0.2, -0.15) is 4.98 Å². The first kappa shape index (κ1) is 24.1. The maximum Gasteiger partial charge on any atom is 0.247 e. The van der Waals surface area contributed by atoms with Crippen molar-refractivity contribution in [2.24, 2.45) is 0 Å². The van der Waals surface area contributed by atoms with Gasteiger partial charge in [-0.1, -0.05) is 18.2 Å². The highest BCUT2D eigenvalue weighted by molar-refractivity contribution is 6.32. The summed E-state index contributed by atoms with van der Waals surface area (Å²) >= 11 is 6.26.